The topological polar surface area (TPSA) is 62.1 Å². The summed E-state index contributed by atoms with van der Waals surface area (Å²) in [5.74, 6) is -0.682. The van der Waals surface area contributed by atoms with Gasteiger partial charge in [-0.15, -0.1) is 0 Å². The Labute approximate surface area is 72.5 Å². The van der Waals surface area contributed by atoms with E-state index in [0.717, 1.165) is 5.04 Å². The number of amidine groups is 1. The van der Waals surface area contributed by atoms with Gasteiger partial charge in [0, 0.05) is 0 Å². The van der Waals surface area contributed by atoms with Crippen LogP contribution in [0.25, 0.3) is 0 Å². The molecular weight excluding hydrogens is 178 g/mol. The third-order valence-electron chi connectivity index (χ3n) is 1.42. The fourth-order valence-electron chi connectivity index (χ4n) is 0.962. The van der Waals surface area contributed by atoms with Gasteiger partial charge < -0.3 is 0 Å². The summed E-state index contributed by atoms with van der Waals surface area (Å²) in [6.07, 6.45) is -0.166. The van der Waals surface area contributed by atoms with Crippen LogP contribution < -0.4 is 0 Å². The average Bonchev–Trinajstić information content (AvgIpc) is 2.29. The lowest BCUT2D eigenvalue weighted by atomic mass is 10.3. The third-order valence-corrected chi connectivity index (χ3v) is 2.24. The largest absolute Gasteiger partial charge is 0.272 e. The summed E-state index contributed by atoms with van der Waals surface area (Å²) in [5.41, 5.74) is 0. The van der Waals surface area contributed by atoms with Crippen LogP contribution in [0.4, 0.5) is 0 Å². The van der Waals surface area contributed by atoms with Crippen molar-refractivity contribution in [2.45, 2.75) is 13.3 Å². The number of thioether (sulfide) groups is 1. The van der Waals surface area contributed by atoms with Crippen molar-refractivity contribution >= 4 is 33.8 Å². The quantitative estimate of drug-likeness (QED) is 0.503. The van der Waals surface area contributed by atoms with Crippen LogP contribution in [0.5, 0.6) is 0 Å². The van der Waals surface area contributed by atoms with Gasteiger partial charge in [-0.3, -0.25) is 9.59 Å². The van der Waals surface area contributed by atoms with Crippen molar-refractivity contribution in [3.05, 3.63) is 0 Å². The minimum absolute atomic E-state index is 0.166. The van der Waals surface area contributed by atoms with E-state index < -0.39 is 0 Å². The van der Waals surface area contributed by atoms with E-state index >= 15 is 0 Å². The van der Waals surface area contributed by atoms with Crippen LogP contribution in [0.1, 0.15) is 13.3 Å². The maximum absolute atomic E-state index is 11.1. The van der Waals surface area contributed by atoms with Gasteiger partial charge in [0.15, 0.2) is 0 Å². The van der Waals surface area contributed by atoms with Gasteiger partial charge in [0.2, 0.25) is 5.17 Å². The molecule has 12 heavy (non-hydrogen) atoms. The van der Waals surface area contributed by atoms with Gasteiger partial charge in [-0.1, -0.05) is 0 Å². The molecule has 2 heterocycles. The zero-order valence-corrected chi connectivity index (χ0v) is 7.09. The molecule has 0 aromatic rings. The van der Waals surface area contributed by atoms with E-state index in [0.29, 0.717) is 5.17 Å². The average molecular weight is 183 g/mol. The Kier molecular flexibility index (Phi) is 1.50. The summed E-state index contributed by atoms with van der Waals surface area (Å²) in [5, 5.41) is 6.20. The highest BCUT2D eigenvalue weighted by atomic mass is 32.2. The summed E-state index contributed by atoms with van der Waals surface area (Å²) in [6.45, 7) is 1.77. The first kappa shape index (κ1) is 7.48. The lowest BCUT2D eigenvalue weighted by Crippen LogP contribution is -2.33. The van der Waals surface area contributed by atoms with Gasteiger partial charge in [-0.2, -0.15) is 15.1 Å². The second-order valence-corrected chi connectivity index (χ2v) is 3.55. The van der Waals surface area contributed by atoms with E-state index in [2.05, 4.69) is 10.1 Å². The molecule has 0 saturated carbocycles. The van der Waals surface area contributed by atoms with Crippen molar-refractivity contribution in [1.82, 2.24) is 5.01 Å². The molecule has 0 N–H and O–H groups in total. The van der Waals surface area contributed by atoms with Gasteiger partial charge in [0.1, 0.15) is 6.42 Å². The number of fused-ring (bicyclic) bond motifs is 1. The maximum Gasteiger partial charge on any atom is 0.258 e. The molecule has 0 aromatic heterocycles. The van der Waals surface area contributed by atoms with Crippen LogP contribution in [-0.4, -0.2) is 27.0 Å². The van der Waals surface area contributed by atoms with Crippen molar-refractivity contribution in [2.24, 2.45) is 10.1 Å². The first-order chi connectivity index (χ1) is 5.66. The van der Waals surface area contributed by atoms with E-state index in [1.165, 1.54) is 16.8 Å². The standard InChI is InChI=1S/C6H5N3O2S/c1-3-8-9-5(11)2-4(10)7-6(9)12-3/h2H2,1H3. The summed E-state index contributed by atoms with van der Waals surface area (Å²) in [6, 6.07) is 0. The monoisotopic (exact) mass is 183 g/mol. The summed E-state index contributed by atoms with van der Waals surface area (Å²) >= 11 is 1.24. The van der Waals surface area contributed by atoms with Crippen LogP contribution in [0.3, 0.4) is 0 Å². The number of carbonyl (C=O) groups excluding carboxylic acids is 2. The Morgan fingerprint density at radius 3 is 3.00 bits per heavy atom. The fourth-order valence-corrected chi connectivity index (χ4v) is 1.73. The van der Waals surface area contributed by atoms with E-state index in [-0.39, 0.29) is 18.2 Å². The molecule has 0 fully saturated rings. The second kappa shape index (κ2) is 2.41. The number of hydrazone groups is 1. The molecule has 0 radical (unpaired) electrons. The Morgan fingerprint density at radius 2 is 2.25 bits per heavy atom. The van der Waals surface area contributed by atoms with Crippen LogP contribution in [0.15, 0.2) is 10.1 Å². The number of amides is 2. The smallest absolute Gasteiger partial charge is 0.258 e. The molecule has 2 rings (SSSR count). The third kappa shape index (κ3) is 1.04. The van der Waals surface area contributed by atoms with Crippen molar-refractivity contribution in [3.63, 3.8) is 0 Å². The van der Waals surface area contributed by atoms with Gasteiger partial charge in [-0.05, 0) is 18.7 Å². The lowest BCUT2D eigenvalue weighted by Gasteiger charge is -2.14. The van der Waals surface area contributed by atoms with E-state index in [1.54, 1.807) is 6.92 Å². The Hall–Kier alpha value is -1.17. The summed E-state index contributed by atoms with van der Waals surface area (Å²) < 4.78 is 0. The molecule has 6 heteroatoms. The normalized spacial score (nSPS) is 22.2. The van der Waals surface area contributed by atoms with Crippen LogP contribution >= 0.6 is 11.8 Å². The van der Waals surface area contributed by atoms with Crippen molar-refractivity contribution in [3.8, 4) is 0 Å². The Balaban J connectivity index is 2.39. The molecule has 5 nitrogen and oxygen atoms in total. The molecule has 0 aromatic carbocycles. The SMILES string of the molecule is CC1=NN2C(=O)CC(=O)N=C2S1. The zero-order chi connectivity index (χ0) is 8.72. The highest BCUT2D eigenvalue weighted by molar-refractivity contribution is 8.26. The summed E-state index contributed by atoms with van der Waals surface area (Å²) in [7, 11) is 0. The number of hydrogen-bond acceptors (Lipinski definition) is 4. The van der Waals surface area contributed by atoms with Crippen LogP contribution in [0.2, 0.25) is 0 Å². The molecule has 62 valence electrons. The number of hydrogen-bond donors (Lipinski definition) is 0. The van der Waals surface area contributed by atoms with E-state index in [1.807, 2.05) is 0 Å². The molecule has 0 atom stereocenters. The lowest BCUT2D eigenvalue weighted by molar-refractivity contribution is -0.133. The summed E-state index contributed by atoms with van der Waals surface area (Å²) in [4.78, 5) is 25.6. The van der Waals surface area contributed by atoms with Gasteiger partial charge >= 0.3 is 0 Å². The van der Waals surface area contributed by atoms with Crippen molar-refractivity contribution < 1.29 is 9.59 Å². The number of aliphatic imine (C=N–C) groups is 1. The van der Waals surface area contributed by atoms with E-state index in [9.17, 15) is 9.59 Å². The predicted molar refractivity (Wildman–Crippen MR) is 44.6 cm³/mol. The maximum atomic E-state index is 11.1. The van der Waals surface area contributed by atoms with Gasteiger partial charge in [0.05, 0.1) is 5.04 Å². The highest BCUT2D eigenvalue weighted by Gasteiger charge is 2.32. The molecule has 0 aliphatic carbocycles. The predicted octanol–water partition coefficient (Wildman–Crippen LogP) is 0.182. The minimum atomic E-state index is -0.386. The Bertz CT molecular complexity index is 334. The number of nitrogens with zero attached hydrogens (tertiary/aromatic N) is 3. The molecule has 0 saturated heterocycles. The Morgan fingerprint density at radius 1 is 1.50 bits per heavy atom. The molecule has 2 amide bonds. The minimum Gasteiger partial charge on any atom is -0.272 e. The first-order valence-corrected chi connectivity index (χ1v) is 4.16. The van der Waals surface area contributed by atoms with Crippen LogP contribution in [-0.2, 0) is 9.59 Å². The highest BCUT2D eigenvalue weighted by Crippen LogP contribution is 2.24. The first-order valence-electron chi connectivity index (χ1n) is 3.34. The molecule has 0 spiro atoms. The number of carbonyl (C=O) groups is 2. The van der Waals surface area contributed by atoms with Crippen molar-refractivity contribution in [2.75, 3.05) is 0 Å². The molecule has 2 aliphatic heterocycles. The zero-order valence-electron chi connectivity index (χ0n) is 6.27. The molecular formula is C6H5N3O2S. The molecule has 2 aliphatic rings. The van der Waals surface area contributed by atoms with Gasteiger partial charge in [0.25, 0.3) is 11.8 Å². The second-order valence-electron chi connectivity index (χ2n) is 2.39. The molecule has 0 unspecified atom stereocenters. The van der Waals surface area contributed by atoms with Crippen molar-refractivity contribution in [1.29, 1.82) is 0 Å². The fraction of sp³-hybridized carbons (Fsp3) is 0.333. The van der Waals surface area contributed by atoms with Crippen LogP contribution in [0, 0.1) is 0 Å². The van der Waals surface area contributed by atoms with E-state index in [4.69, 9.17) is 0 Å². The van der Waals surface area contributed by atoms with Gasteiger partial charge in [-0.25, -0.2) is 0 Å². The number of rotatable bonds is 0. The molecule has 0 bridgehead atoms.